The van der Waals surface area contributed by atoms with Gasteiger partial charge in [0.2, 0.25) is 5.91 Å². The van der Waals surface area contributed by atoms with Crippen LogP contribution >= 0.6 is 0 Å². The van der Waals surface area contributed by atoms with Gasteiger partial charge in [-0.1, -0.05) is 25.5 Å². The van der Waals surface area contributed by atoms with Crippen molar-refractivity contribution in [1.29, 1.82) is 0 Å². The Morgan fingerprint density at radius 1 is 1.33 bits per heavy atom. The molecule has 1 heterocycles. The van der Waals surface area contributed by atoms with Crippen LogP contribution in [0.5, 0.6) is 0 Å². The summed E-state index contributed by atoms with van der Waals surface area (Å²) in [6.07, 6.45) is 5.49. The van der Waals surface area contributed by atoms with Gasteiger partial charge in [0.05, 0.1) is 12.0 Å². The van der Waals surface area contributed by atoms with E-state index in [4.69, 9.17) is 0 Å². The number of carboxylic acids is 1. The Hall–Kier alpha value is -1.62. The lowest BCUT2D eigenvalue weighted by atomic mass is 9.83. The van der Waals surface area contributed by atoms with Crippen molar-refractivity contribution in [2.75, 3.05) is 32.7 Å². The topological polar surface area (TPSA) is 60.9 Å². The predicted octanol–water partition coefficient (Wildman–Crippen LogP) is 1.76. The molecule has 0 aromatic carbocycles. The van der Waals surface area contributed by atoms with Crippen molar-refractivity contribution in [3.63, 3.8) is 0 Å². The van der Waals surface area contributed by atoms with Crippen LogP contribution in [0.2, 0.25) is 0 Å². The highest BCUT2D eigenvalue weighted by molar-refractivity contribution is 5.79. The van der Waals surface area contributed by atoms with Crippen molar-refractivity contribution in [2.45, 2.75) is 26.2 Å². The van der Waals surface area contributed by atoms with Crippen LogP contribution in [0.15, 0.2) is 25.3 Å². The lowest BCUT2D eigenvalue weighted by Gasteiger charge is -2.26. The number of aliphatic carboxylic acids is 1. The molecule has 0 radical (unpaired) electrons. The second-order valence-electron chi connectivity index (χ2n) is 5.67. The van der Waals surface area contributed by atoms with Crippen molar-refractivity contribution >= 4 is 11.9 Å². The summed E-state index contributed by atoms with van der Waals surface area (Å²) in [6.45, 7) is 11.6. The minimum atomic E-state index is -0.742. The second kappa shape index (κ2) is 7.98. The van der Waals surface area contributed by atoms with E-state index >= 15 is 0 Å². The lowest BCUT2D eigenvalue weighted by molar-refractivity contribution is -0.149. The number of carbonyl (C=O) groups excluding carboxylic acids is 1. The Morgan fingerprint density at radius 3 is 2.43 bits per heavy atom. The molecule has 0 spiro atoms. The van der Waals surface area contributed by atoms with E-state index in [9.17, 15) is 14.7 Å². The van der Waals surface area contributed by atoms with Gasteiger partial charge in [0.1, 0.15) is 0 Å². The van der Waals surface area contributed by atoms with Crippen LogP contribution in [0.3, 0.4) is 0 Å². The molecule has 1 aliphatic heterocycles. The summed E-state index contributed by atoms with van der Waals surface area (Å²) in [6, 6.07) is 0. The van der Waals surface area contributed by atoms with Gasteiger partial charge in [-0.3, -0.25) is 14.5 Å². The number of hydrogen-bond acceptors (Lipinski definition) is 3. The molecular formula is C16H26N2O3. The third-order valence-corrected chi connectivity index (χ3v) is 4.03. The summed E-state index contributed by atoms with van der Waals surface area (Å²) in [5.74, 6) is -0.749. The second-order valence-corrected chi connectivity index (χ2v) is 5.67. The zero-order valence-corrected chi connectivity index (χ0v) is 12.9. The van der Waals surface area contributed by atoms with Crippen molar-refractivity contribution in [1.82, 2.24) is 9.80 Å². The molecule has 1 fully saturated rings. The fraction of sp³-hybridized carbons (Fsp3) is 0.625. The summed E-state index contributed by atoms with van der Waals surface area (Å²) in [5.41, 5.74) is -0.684. The Morgan fingerprint density at radius 2 is 1.95 bits per heavy atom. The van der Waals surface area contributed by atoms with Gasteiger partial charge < -0.3 is 10.0 Å². The number of carboxylic acid groups (broad SMARTS) is 1. The van der Waals surface area contributed by atoms with Gasteiger partial charge in [0.15, 0.2) is 0 Å². The van der Waals surface area contributed by atoms with E-state index in [1.54, 1.807) is 17.1 Å². The quantitative estimate of drug-likeness (QED) is 0.658. The van der Waals surface area contributed by atoms with Crippen LogP contribution in [0.1, 0.15) is 26.2 Å². The fourth-order valence-electron chi connectivity index (χ4n) is 2.94. The largest absolute Gasteiger partial charge is 0.481 e. The van der Waals surface area contributed by atoms with Gasteiger partial charge in [-0.25, -0.2) is 0 Å². The monoisotopic (exact) mass is 294 g/mol. The van der Waals surface area contributed by atoms with Crippen molar-refractivity contribution < 1.29 is 14.7 Å². The molecule has 118 valence electrons. The van der Waals surface area contributed by atoms with Crippen LogP contribution in [0.4, 0.5) is 0 Å². The molecule has 1 rings (SSSR count). The number of nitrogens with zero attached hydrogens (tertiary/aromatic N) is 2. The lowest BCUT2D eigenvalue weighted by Crippen LogP contribution is -2.41. The van der Waals surface area contributed by atoms with Crippen molar-refractivity contribution in [3.8, 4) is 0 Å². The number of rotatable bonds is 9. The third kappa shape index (κ3) is 4.43. The smallest absolute Gasteiger partial charge is 0.310 e. The Kier molecular flexibility index (Phi) is 6.62. The van der Waals surface area contributed by atoms with Crippen LogP contribution in [-0.2, 0) is 9.59 Å². The van der Waals surface area contributed by atoms with Crippen LogP contribution < -0.4 is 0 Å². The SMILES string of the molecule is C=CCN(CC=C)C(=O)CN1CCC(CCC)(C(=O)O)C1. The first-order valence-corrected chi connectivity index (χ1v) is 7.44. The summed E-state index contributed by atoms with van der Waals surface area (Å²) in [5, 5.41) is 9.48. The molecule has 0 aliphatic carbocycles. The highest BCUT2D eigenvalue weighted by atomic mass is 16.4. The maximum Gasteiger partial charge on any atom is 0.310 e. The zero-order valence-electron chi connectivity index (χ0n) is 12.9. The van der Waals surface area contributed by atoms with E-state index in [0.29, 0.717) is 39.0 Å². The molecular weight excluding hydrogens is 268 g/mol. The highest BCUT2D eigenvalue weighted by Gasteiger charge is 2.44. The number of hydrogen-bond donors (Lipinski definition) is 1. The molecule has 0 aromatic rings. The predicted molar refractivity (Wildman–Crippen MR) is 83.0 cm³/mol. The molecule has 0 saturated carbocycles. The fourth-order valence-corrected chi connectivity index (χ4v) is 2.94. The first-order valence-electron chi connectivity index (χ1n) is 7.44. The number of carbonyl (C=O) groups is 2. The average molecular weight is 294 g/mol. The third-order valence-electron chi connectivity index (χ3n) is 4.03. The molecule has 5 nitrogen and oxygen atoms in total. The minimum absolute atomic E-state index is 0.00696. The van der Waals surface area contributed by atoms with Gasteiger partial charge in [-0.2, -0.15) is 0 Å². The molecule has 1 amide bonds. The summed E-state index contributed by atoms with van der Waals surface area (Å²) in [7, 11) is 0. The first kappa shape index (κ1) is 17.4. The molecule has 5 heteroatoms. The van der Waals surface area contributed by atoms with Gasteiger partial charge in [0, 0.05) is 19.6 Å². The van der Waals surface area contributed by atoms with Crippen LogP contribution in [-0.4, -0.2) is 59.5 Å². The van der Waals surface area contributed by atoms with E-state index in [0.717, 1.165) is 6.42 Å². The molecule has 1 aliphatic rings. The molecule has 1 atom stereocenters. The van der Waals surface area contributed by atoms with Crippen LogP contribution in [0, 0.1) is 5.41 Å². The number of amides is 1. The molecule has 1 saturated heterocycles. The van der Waals surface area contributed by atoms with Gasteiger partial charge >= 0.3 is 5.97 Å². The molecule has 0 aromatic heterocycles. The summed E-state index contributed by atoms with van der Waals surface area (Å²) < 4.78 is 0. The van der Waals surface area contributed by atoms with E-state index < -0.39 is 11.4 Å². The molecule has 1 N–H and O–H groups in total. The normalized spacial score (nSPS) is 22.0. The highest BCUT2D eigenvalue weighted by Crippen LogP contribution is 2.35. The van der Waals surface area contributed by atoms with Crippen molar-refractivity contribution in [3.05, 3.63) is 25.3 Å². The Labute approximate surface area is 126 Å². The molecule has 0 bridgehead atoms. The van der Waals surface area contributed by atoms with Gasteiger partial charge in [-0.05, 0) is 19.4 Å². The maximum absolute atomic E-state index is 12.3. The van der Waals surface area contributed by atoms with E-state index in [1.165, 1.54) is 0 Å². The minimum Gasteiger partial charge on any atom is -0.481 e. The zero-order chi connectivity index (χ0) is 15.9. The molecule has 21 heavy (non-hydrogen) atoms. The van der Waals surface area contributed by atoms with E-state index in [1.807, 2.05) is 11.8 Å². The van der Waals surface area contributed by atoms with Gasteiger partial charge in [0.25, 0.3) is 0 Å². The summed E-state index contributed by atoms with van der Waals surface area (Å²) >= 11 is 0. The molecule has 1 unspecified atom stereocenters. The first-order chi connectivity index (χ1) is 9.99. The standard InChI is InChI=1S/C16H26N2O3/c1-4-7-16(15(20)21)8-11-17(13-16)12-14(19)18(9-5-2)10-6-3/h5-6H,2-4,7-13H2,1H3,(H,20,21). The van der Waals surface area contributed by atoms with Crippen molar-refractivity contribution in [2.24, 2.45) is 5.41 Å². The van der Waals surface area contributed by atoms with E-state index in [-0.39, 0.29) is 12.5 Å². The number of likely N-dealkylation sites (tertiary alicyclic amines) is 1. The Balaban J connectivity index is 2.64. The maximum atomic E-state index is 12.3. The summed E-state index contributed by atoms with van der Waals surface area (Å²) in [4.78, 5) is 27.4. The van der Waals surface area contributed by atoms with E-state index in [2.05, 4.69) is 13.2 Å². The van der Waals surface area contributed by atoms with Gasteiger partial charge in [-0.15, -0.1) is 13.2 Å². The van der Waals surface area contributed by atoms with Crippen LogP contribution in [0.25, 0.3) is 0 Å². The average Bonchev–Trinajstić information content (AvgIpc) is 2.83. The Bertz CT molecular complexity index is 398.